The van der Waals surface area contributed by atoms with E-state index in [4.69, 9.17) is 0 Å². The molecule has 1 saturated heterocycles. The third kappa shape index (κ3) is 5.85. The van der Waals surface area contributed by atoms with Gasteiger partial charge in [0.1, 0.15) is 0 Å². The quantitative estimate of drug-likeness (QED) is 0.543. The predicted molar refractivity (Wildman–Crippen MR) is 125 cm³/mol. The molecule has 1 atom stereocenters. The van der Waals surface area contributed by atoms with Crippen molar-refractivity contribution in [2.75, 3.05) is 20.1 Å². The van der Waals surface area contributed by atoms with Crippen LogP contribution >= 0.6 is 0 Å². The topological polar surface area (TPSA) is 57.5 Å². The van der Waals surface area contributed by atoms with Crippen molar-refractivity contribution < 1.29 is 0 Å². The molecule has 30 heavy (non-hydrogen) atoms. The lowest BCUT2D eigenvalue weighted by Gasteiger charge is -2.27. The van der Waals surface area contributed by atoms with Gasteiger partial charge in [0, 0.05) is 38.9 Å². The maximum absolute atomic E-state index is 4.54. The van der Waals surface area contributed by atoms with Crippen LogP contribution in [-0.2, 0) is 26.6 Å². The summed E-state index contributed by atoms with van der Waals surface area (Å²) in [5.74, 6) is 0.842. The minimum Gasteiger partial charge on any atom is -0.354 e. The Morgan fingerprint density at radius 3 is 2.47 bits per heavy atom. The van der Waals surface area contributed by atoms with E-state index in [0.717, 1.165) is 31.2 Å². The Balaban J connectivity index is 1.56. The molecule has 0 bridgehead atoms. The number of nitrogens with one attached hydrogen (secondary N) is 2. The summed E-state index contributed by atoms with van der Waals surface area (Å²) in [5.41, 5.74) is 6.42. The van der Waals surface area contributed by atoms with E-state index >= 15 is 0 Å². The first-order valence-corrected chi connectivity index (χ1v) is 11.2. The van der Waals surface area contributed by atoms with Crippen LogP contribution in [0.5, 0.6) is 0 Å². The summed E-state index contributed by atoms with van der Waals surface area (Å²) in [4.78, 5) is 7.02. The second kappa shape index (κ2) is 10.6. The summed E-state index contributed by atoms with van der Waals surface area (Å²) in [6.07, 6.45) is 4.95. The molecule has 164 valence electrons. The van der Waals surface area contributed by atoms with Crippen molar-refractivity contribution in [2.24, 2.45) is 12.0 Å². The average Bonchev–Trinajstić information content (AvgIpc) is 2.98. The number of aryl methyl sites for hydroxylation is 2. The minimum absolute atomic E-state index is 0.265. The van der Waals surface area contributed by atoms with Crippen molar-refractivity contribution in [3.05, 3.63) is 52.3 Å². The lowest BCUT2D eigenvalue weighted by atomic mass is 10.0. The van der Waals surface area contributed by atoms with E-state index in [1.807, 2.05) is 18.8 Å². The molecule has 2 aromatic rings. The van der Waals surface area contributed by atoms with Crippen molar-refractivity contribution in [1.29, 1.82) is 0 Å². The zero-order valence-electron chi connectivity index (χ0n) is 19.3. The Kier molecular flexibility index (Phi) is 7.91. The molecular formula is C24H38N6. The molecule has 0 saturated carbocycles. The van der Waals surface area contributed by atoms with Gasteiger partial charge in [0.2, 0.25) is 0 Å². The first-order chi connectivity index (χ1) is 14.5. The lowest BCUT2D eigenvalue weighted by molar-refractivity contribution is 0.220. The Labute approximate surface area is 181 Å². The van der Waals surface area contributed by atoms with Gasteiger partial charge in [0.15, 0.2) is 5.96 Å². The largest absolute Gasteiger partial charge is 0.354 e. The van der Waals surface area contributed by atoms with Crippen LogP contribution in [0.15, 0.2) is 29.3 Å². The number of likely N-dealkylation sites (tertiary alicyclic amines) is 1. The summed E-state index contributed by atoms with van der Waals surface area (Å²) in [6.45, 7) is 10.7. The molecule has 6 nitrogen and oxygen atoms in total. The molecule has 2 heterocycles. The van der Waals surface area contributed by atoms with Gasteiger partial charge in [-0.15, -0.1) is 0 Å². The maximum Gasteiger partial charge on any atom is 0.191 e. The van der Waals surface area contributed by atoms with Crippen molar-refractivity contribution in [3.8, 4) is 0 Å². The Bertz CT molecular complexity index is 847. The van der Waals surface area contributed by atoms with Gasteiger partial charge in [-0.3, -0.25) is 14.6 Å². The lowest BCUT2D eigenvalue weighted by Crippen LogP contribution is -2.43. The third-order valence-electron chi connectivity index (χ3n) is 6.18. The summed E-state index contributed by atoms with van der Waals surface area (Å²) >= 11 is 0. The number of nitrogens with zero attached hydrogens (tertiary/aromatic N) is 4. The molecule has 1 aliphatic heterocycles. The normalized spacial score (nSPS) is 16.5. The number of aromatic nitrogens is 2. The highest BCUT2D eigenvalue weighted by Crippen LogP contribution is 2.16. The zero-order valence-corrected chi connectivity index (χ0v) is 19.3. The van der Waals surface area contributed by atoms with Gasteiger partial charge in [-0.05, 0) is 69.8 Å². The molecule has 1 aromatic heterocycles. The average molecular weight is 411 g/mol. The Morgan fingerprint density at radius 2 is 1.83 bits per heavy atom. The fourth-order valence-electron chi connectivity index (χ4n) is 4.32. The number of hydrogen-bond acceptors (Lipinski definition) is 3. The molecule has 1 fully saturated rings. The molecule has 1 unspecified atom stereocenters. The maximum atomic E-state index is 4.54. The van der Waals surface area contributed by atoms with Crippen LogP contribution in [0.2, 0.25) is 0 Å². The summed E-state index contributed by atoms with van der Waals surface area (Å²) < 4.78 is 1.96. The fraction of sp³-hybridized carbons (Fsp3) is 0.583. The summed E-state index contributed by atoms with van der Waals surface area (Å²) in [6, 6.07) is 9.03. The van der Waals surface area contributed by atoms with Crippen molar-refractivity contribution in [1.82, 2.24) is 25.3 Å². The van der Waals surface area contributed by atoms with Gasteiger partial charge in [-0.25, -0.2) is 0 Å². The molecule has 3 rings (SSSR count). The highest BCUT2D eigenvalue weighted by atomic mass is 15.3. The fourth-order valence-corrected chi connectivity index (χ4v) is 4.32. The van der Waals surface area contributed by atoms with E-state index in [1.165, 1.54) is 54.7 Å². The molecule has 6 heteroatoms. The summed E-state index contributed by atoms with van der Waals surface area (Å²) in [7, 11) is 3.84. The molecule has 1 aliphatic rings. The molecule has 0 spiro atoms. The molecule has 1 aromatic carbocycles. The van der Waals surface area contributed by atoms with Gasteiger partial charge in [0.05, 0.1) is 5.69 Å². The first kappa shape index (κ1) is 22.3. The zero-order chi connectivity index (χ0) is 21.5. The second-order valence-corrected chi connectivity index (χ2v) is 8.55. The number of piperidine rings is 1. The monoisotopic (exact) mass is 410 g/mol. The van der Waals surface area contributed by atoms with Crippen LogP contribution in [-0.4, -0.2) is 46.8 Å². The van der Waals surface area contributed by atoms with Gasteiger partial charge in [-0.2, -0.15) is 5.10 Å². The number of rotatable bonds is 7. The standard InChI is InChI=1S/C24H38N6/c1-18(15-23-19(2)28-29(5)20(23)3)27-24(25-4)26-16-21-11-7-8-12-22(21)17-30-13-9-6-10-14-30/h7-8,11-12,18H,6,9-10,13-17H2,1-5H3,(H2,25,26,27). The van der Waals surface area contributed by atoms with E-state index in [1.54, 1.807) is 0 Å². The van der Waals surface area contributed by atoms with Crippen molar-refractivity contribution in [3.63, 3.8) is 0 Å². The SMILES string of the molecule is CN=C(NCc1ccccc1CN1CCCCC1)NC(C)Cc1c(C)nn(C)c1C. The number of benzene rings is 1. The van der Waals surface area contributed by atoms with Gasteiger partial charge >= 0.3 is 0 Å². The van der Waals surface area contributed by atoms with Crippen molar-refractivity contribution in [2.45, 2.75) is 65.6 Å². The molecule has 0 aliphatic carbocycles. The first-order valence-electron chi connectivity index (χ1n) is 11.2. The van der Waals surface area contributed by atoms with Crippen LogP contribution < -0.4 is 10.6 Å². The third-order valence-corrected chi connectivity index (χ3v) is 6.18. The highest BCUT2D eigenvalue weighted by molar-refractivity contribution is 5.80. The number of aliphatic imine (C=N–C) groups is 1. The van der Waals surface area contributed by atoms with E-state index in [9.17, 15) is 0 Å². The number of hydrogen-bond donors (Lipinski definition) is 2. The van der Waals surface area contributed by atoms with Gasteiger partial charge < -0.3 is 10.6 Å². The van der Waals surface area contributed by atoms with Crippen molar-refractivity contribution >= 4 is 5.96 Å². The summed E-state index contributed by atoms with van der Waals surface area (Å²) in [5, 5.41) is 11.6. The number of guanidine groups is 1. The van der Waals surface area contributed by atoms with Crippen LogP contribution in [0, 0.1) is 13.8 Å². The van der Waals surface area contributed by atoms with Crippen LogP contribution in [0.3, 0.4) is 0 Å². The molecule has 0 radical (unpaired) electrons. The van der Waals surface area contributed by atoms with Gasteiger partial charge in [0.25, 0.3) is 0 Å². The van der Waals surface area contributed by atoms with Crippen LogP contribution in [0.4, 0.5) is 0 Å². The molecule has 0 amide bonds. The Morgan fingerprint density at radius 1 is 1.13 bits per heavy atom. The second-order valence-electron chi connectivity index (χ2n) is 8.55. The molecular weight excluding hydrogens is 372 g/mol. The van der Waals surface area contributed by atoms with Gasteiger partial charge in [-0.1, -0.05) is 30.7 Å². The molecule has 2 N–H and O–H groups in total. The predicted octanol–water partition coefficient (Wildman–Crippen LogP) is 3.32. The van der Waals surface area contributed by atoms with E-state index in [-0.39, 0.29) is 6.04 Å². The Hall–Kier alpha value is -2.34. The van der Waals surface area contributed by atoms with Crippen LogP contribution in [0.1, 0.15) is 54.3 Å². The smallest absolute Gasteiger partial charge is 0.191 e. The minimum atomic E-state index is 0.265. The van der Waals surface area contributed by atoms with E-state index < -0.39 is 0 Å². The van der Waals surface area contributed by atoms with Crippen LogP contribution in [0.25, 0.3) is 0 Å². The van der Waals surface area contributed by atoms with E-state index in [2.05, 4.69) is 70.7 Å². The van der Waals surface area contributed by atoms with E-state index in [0.29, 0.717) is 0 Å². The highest BCUT2D eigenvalue weighted by Gasteiger charge is 2.15.